The average Bonchev–Trinajstić information content (AvgIpc) is 2.48. The number of nitrogens with two attached hydrogens (primary N) is 1. The van der Waals surface area contributed by atoms with Crippen LogP contribution < -0.4 is 20.7 Å². The van der Waals surface area contributed by atoms with Crippen molar-refractivity contribution in [2.45, 2.75) is 13.3 Å². The van der Waals surface area contributed by atoms with Crippen molar-refractivity contribution in [1.29, 1.82) is 0 Å². The summed E-state index contributed by atoms with van der Waals surface area (Å²) in [6.07, 6.45) is 0.816. The van der Waals surface area contributed by atoms with Crippen LogP contribution in [0.4, 0.5) is 5.95 Å². The van der Waals surface area contributed by atoms with Crippen molar-refractivity contribution < 1.29 is 9.47 Å². The first-order valence-corrected chi connectivity index (χ1v) is 6.86. The Labute approximate surface area is 131 Å². The van der Waals surface area contributed by atoms with E-state index in [2.05, 4.69) is 20.4 Å². The predicted molar refractivity (Wildman–Crippen MR) is 80.0 cm³/mol. The molecule has 0 spiro atoms. The van der Waals surface area contributed by atoms with Crippen molar-refractivity contribution in [3.63, 3.8) is 0 Å². The normalized spacial score (nSPS) is 10.3. The van der Waals surface area contributed by atoms with Gasteiger partial charge in [-0.25, -0.2) is 5.84 Å². The summed E-state index contributed by atoms with van der Waals surface area (Å²) < 4.78 is 10.8. The molecule has 0 aliphatic heterocycles. The van der Waals surface area contributed by atoms with Gasteiger partial charge in [0.1, 0.15) is 5.75 Å². The number of hydrogen-bond acceptors (Lipinski definition) is 7. The zero-order chi connectivity index (χ0) is 15.2. The molecule has 0 aliphatic rings. The molecule has 0 aliphatic carbocycles. The first kappa shape index (κ1) is 15.6. The van der Waals surface area contributed by atoms with E-state index in [-0.39, 0.29) is 18.0 Å². The number of anilines is 1. The highest BCUT2D eigenvalue weighted by molar-refractivity contribution is 6.35. The maximum Gasteiger partial charge on any atom is 0.330 e. The Balaban J connectivity index is 2.25. The van der Waals surface area contributed by atoms with Crippen LogP contribution in [-0.4, -0.2) is 21.6 Å². The summed E-state index contributed by atoms with van der Waals surface area (Å²) in [5.41, 5.74) is 2.32. The van der Waals surface area contributed by atoms with Crippen LogP contribution in [0, 0.1) is 0 Å². The van der Waals surface area contributed by atoms with E-state index in [1.165, 1.54) is 0 Å². The molecule has 1 aromatic carbocycles. The molecule has 0 atom stereocenters. The monoisotopic (exact) mass is 329 g/mol. The molecule has 1 heterocycles. The van der Waals surface area contributed by atoms with Crippen LogP contribution in [-0.2, 0) is 0 Å². The summed E-state index contributed by atoms with van der Waals surface area (Å²) in [4.78, 5) is 11.9. The molecule has 0 saturated heterocycles. The minimum absolute atomic E-state index is 0.00766. The van der Waals surface area contributed by atoms with E-state index in [1.807, 2.05) is 6.92 Å². The van der Waals surface area contributed by atoms with Crippen LogP contribution in [0.1, 0.15) is 13.3 Å². The molecule has 112 valence electrons. The lowest BCUT2D eigenvalue weighted by atomic mass is 10.3. The first-order valence-electron chi connectivity index (χ1n) is 6.10. The third kappa shape index (κ3) is 4.32. The maximum atomic E-state index is 6.02. The number of aromatic nitrogens is 3. The van der Waals surface area contributed by atoms with Crippen molar-refractivity contribution in [1.82, 2.24) is 15.0 Å². The lowest BCUT2D eigenvalue weighted by Gasteiger charge is -2.09. The van der Waals surface area contributed by atoms with Crippen LogP contribution in [0.15, 0.2) is 18.2 Å². The Kier molecular flexibility index (Phi) is 5.38. The minimum atomic E-state index is 0.00766. The number of rotatable bonds is 6. The SMILES string of the molecule is CCCOc1nc(NN)nc(Oc2ccc(Cl)cc2Cl)n1. The van der Waals surface area contributed by atoms with Crippen LogP contribution in [0.3, 0.4) is 0 Å². The topological polar surface area (TPSA) is 95.2 Å². The van der Waals surface area contributed by atoms with E-state index >= 15 is 0 Å². The van der Waals surface area contributed by atoms with E-state index < -0.39 is 0 Å². The van der Waals surface area contributed by atoms with Crippen molar-refractivity contribution in [3.05, 3.63) is 28.2 Å². The van der Waals surface area contributed by atoms with Gasteiger partial charge in [-0.2, -0.15) is 9.97 Å². The van der Waals surface area contributed by atoms with Gasteiger partial charge in [-0.1, -0.05) is 30.1 Å². The van der Waals surface area contributed by atoms with Gasteiger partial charge in [0, 0.05) is 5.02 Å². The molecule has 0 amide bonds. The zero-order valence-electron chi connectivity index (χ0n) is 11.1. The van der Waals surface area contributed by atoms with Gasteiger partial charge in [-0.05, 0) is 24.6 Å². The van der Waals surface area contributed by atoms with Crippen LogP contribution >= 0.6 is 23.2 Å². The van der Waals surface area contributed by atoms with Crippen molar-refractivity contribution in [2.24, 2.45) is 5.84 Å². The molecule has 0 fully saturated rings. The Morgan fingerprint density at radius 1 is 1.19 bits per heavy atom. The smallest absolute Gasteiger partial charge is 0.330 e. The fraction of sp³-hybridized carbons (Fsp3) is 0.250. The van der Waals surface area contributed by atoms with Crippen LogP contribution in [0.5, 0.6) is 17.8 Å². The van der Waals surface area contributed by atoms with Crippen LogP contribution in [0.2, 0.25) is 10.0 Å². The van der Waals surface area contributed by atoms with E-state index in [1.54, 1.807) is 18.2 Å². The largest absolute Gasteiger partial charge is 0.463 e. The van der Waals surface area contributed by atoms with Gasteiger partial charge < -0.3 is 9.47 Å². The van der Waals surface area contributed by atoms with Crippen molar-refractivity contribution in [2.75, 3.05) is 12.0 Å². The molecule has 2 rings (SSSR count). The first-order chi connectivity index (χ1) is 10.1. The fourth-order valence-corrected chi connectivity index (χ4v) is 1.81. The highest BCUT2D eigenvalue weighted by Gasteiger charge is 2.11. The molecular formula is C12H13Cl2N5O2. The van der Waals surface area contributed by atoms with Gasteiger partial charge in [-0.15, -0.1) is 4.98 Å². The Morgan fingerprint density at radius 3 is 2.62 bits per heavy atom. The molecule has 9 heteroatoms. The third-order valence-electron chi connectivity index (χ3n) is 2.25. The van der Waals surface area contributed by atoms with Gasteiger partial charge in [0.15, 0.2) is 0 Å². The van der Waals surface area contributed by atoms with E-state index in [4.69, 9.17) is 38.5 Å². The number of nitrogen functional groups attached to an aromatic ring is 1. The van der Waals surface area contributed by atoms with Crippen molar-refractivity contribution in [3.8, 4) is 17.8 Å². The average molecular weight is 330 g/mol. The fourth-order valence-electron chi connectivity index (χ4n) is 1.36. The number of halogens is 2. The third-order valence-corrected chi connectivity index (χ3v) is 2.78. The van der Waals surface area contributed by atoms with E-state index in [0.717, 1.165) is 6.42 Å². The van der Waals surface area contributed by atoms with E-state index in [9.17, 15) is 0 Å². The molecule has 2 aromatic rings. The minimum Gasteiger partial charge on any atom is -0.463 e. The number of ether oxygens (including phenoxy) is 2. The predicted octanol–water partition coefficient (Wildman–Crippen LogP) is 3.05. The standard InChI is InChI=1S/C12H13Cl2N5O2/c1-2-5-20-11-16-10(19-15)17-12(18-11)21-9-4-3-7(13)6-8(9)14/h3-4,6H,2,5,15H2,1H3,(H,16,17,18,19). The Bertz CT molecular complexity index is 627. The zero-order valence-corrected chi connectivity index (χ0v) is 12.6. The number of benzene rings is 1. The molecule has 0 unspecified atom stereocenters. The Morgan fingerprint density at radius 2 is 1.95 bits per heavy atom. The number of nitrogens with zero attached hydrogens (tertiary/aromatic N) is 3. The van der Waals surface area contributed by atoms with Gasteiger partial charge in [0.25, 0.3) is 0 Å². The molecular weight excluding hydrogens is 317 g/mol. The lowest BCUT2D eigenvalue weighted by molar-refractivity contribution is 0.285. The Hall–Kier alpha value is -1.83. The number of nitrogens with one attached hydrogen (secondary N) is 1. The second-order valence-electron chi connectivity index (χ2n) is 3.89. The quantitative estimate of drug-likeness (QED) is 0.621. The van der Waals surface area contributed by atoms with Crippen LogP contribution in [0.25, 0.3) is 0 Å². The molecule has 0 radical (unpaired) electrons. The number of hydrazine groups is 1. The van der Waals surface area contributed by atoms with Gasteiger partial charge in [0.05, 0.1) is 11.6 Å². The molecule has 0 bridgehead atoms. The summed E-state index contributed by atoms with van der Waals surface area (Å²) >= 11 is 11.8. The summed E-state index contributed by atoms with van der Waals surface area (Å²) in [5, 5.41) is 0.834. The van der Waals surface area contributed by atoms with Gasteiger partial charge >= 0.3 is 12.0 Å². The summed E-state index contributed by atoms with van der Waals surface area (Å²) in [6, 6.07) is 4.92. The van der Waals surface area contributed by atoms with Gasteiger partial charge in [0.2, 0.25) is 5.95 Å². The van der Waals surface area contributed by atoms with E-state index in [0.29, 0.717) is 22.4 Å². The molecule has 1 aromatic heterocycles. The molecule has 0 saturated carbocycles. The molecule has 21 heavy (non-hydrogen) atoms. The highest BCUT2D eigenvalue weighted by Crippen LogP contribution is 2.30. The molecule has 7 nitrogen and oxygen atoms in total. The van der Waals surface area contributed by atoms with Crippen molar-refractivity contribution >= 4 is 29.2 Å². The maximum absolute atomic E-state index is 6.02. The lowest BCUT2D eigenvalue weighted by Crippen LogP contribution is -2.13. The number of hydrogen-bond donors (Lipinski definition) is 2. The highest BCUT2D eigenvalue weighted by atomic mass is 35.5. The summed E-state index contributed by atoms with van der Waals surface area (Å²) in [6.45, 7) is 2.43. The summed E-state index contributed by atoms with van der Waals surface area (Å²) in [5.74, 6) is 5.78. The second kappa shape index (κ2) is 7.26. The second-order valence-corrected chi connectivity index (χ2v) is 4.74. The van der Waals surface area contributed by atoms with Gasteiger partial charge in [-0.3, -0.25) is 5.43 Å². The summed E-state index contributed by atoms with van der Waals surface area (Å²) in [7, 11) is 0. The molecule has 3 N–H and O–H groups in total.